The molecular weight excluding hydrogens is 266 g/mol. The van der Waals surface area contributed by atoms with Crippen molar-refractivity contribution in [3.8, 4) is 0 Å². The van der Waals surface area contributed by atoms with Gasteiger partial charge in [-0.1, -0.05) is 0 Å². The Morgan fingerprint density at radius 2 is 2.00 bits per heavy atom. The van der Waals surface area contributed by atoms with Gasteiger partial charge < -0.3 is 15.0 Å². The first-order valence-corrected chi connectivity index (χ1v) is 8.32. The van der Waals surface area contributed by atoms with Crippen molar-refractivity contribution in [2.45, 2.75) is 57.7 Å². The number of hydrogen-bond acceptors (Lipinski definition) is 5. The largest absolute Gasteiger partial charge is 0.378 e. The smallest absolute Gasteiger partial charge is 0.147 e. The molecule has 2 aliphatic heterocycles. The lowest BCUT2D eigenvalue weighted by Gasteiger charge is -2.31. The molecule has 21 heavy (non-hydrogen) atoms. The Labute approximate surface area is 126 Å². The number of fused-ring (bicyclic) bond motifs is 1. The second-order valence-corrected chi connectivity index (χ2v) is 6.13. The topological polar surface area (TPSA) is 69.2 Å². The molecule has 118 valence electrons. The van der Waals surface area contributed by atoms with Gasteiger partial charge in [0.1, 0.15) is 11.6 Å². The van der Waals surface area contributed by atoms with E-state index in [1.807, 2.05) is 0 Å². The molecule has 3 heterocycles. The van der Waals surface area contributed by atoms with Crippen molar-refractivity contribution in [2.75, 3.05) is 26.2 Å². The third-order valence-electron chi connectivity index (χ3n) is 4.54. The molecule has 6 heteroatoms. The Hall–Kier alpha value is -0.980. The summed E-state index contributed by atoms with van der Waals surface area (Å²) >= 11 is 0. The second-order valence-electron chi connectivity index (χ2n) is 6.13. The quantitative estimate of drug-likeness (QED) is 0.791. The number of piperidine rings is 1. The monoisotopic (exact) mass is 293 g/mol. The molecule has 0 bridgehead atoms. The van der Waals surface area contributed by atoms with Crippen LogP contribution in [0.25, 0.3) is 0 Å². The lowest BCUT2D eigenvalue weighted by Crippen LogP contribution is -2.37. The van der Waals surface area contributed by atoms with Gasteiger partial charge in [-0.25, -0.2) is 0 Å². The van der Waals surface area contributed by atoms with E-state index in [0.29, 0.717) is 6.10 Å². The summed E-state index contributed by atoms with van der Waals surface area (Å²) < 4.78 is 8.18. The molecule has 0 atom stereocenters. The number of hydrogen-bond donors (Lipinski definition) is 1. The van der Waals surface area contributed by atoms with Crippen molar-refractivity contribution >= 4 is 0 Å². The SMILES string of the molecule is NCCCOC1CCN(Cc2nnc3n2CCCC3)CC1. The Morgan fingerprint density at radius 1 is 1.14 bits per heavy atom. The van der Waals surface area contributed by atoms with E-state index in [9.17, 15) is 0 Å². The molecule has 0 radical (unpaired) electrons. The molecule has 0 saturated carbocycles. The maximum absolute atomic E-state index is 5.86. The van der Waals surface area contributed by atoms with E-state index in [0.717, 1.165) is 70.8 Å². The number of nitrogens with zero attached hydrogens (tertiary/aromatic N) is 4. The maximum Gasteiger partial charge on any atom is 0.147 e. The summed E-state index contributed by atoms with van der Waals surface area (Å²) in [6.45, 7) is 5.74. The van der Waals surface area contributed by atoms with E-state index >= 15 is 0 Å². The standard InChI is InChI=1S/C15H27N5O/c16-7-3-11-21-13-5-9-19(10-6-13)12-15-18-17-14-4-1-2-8-20(14)15/h13H,1-12,16H2. The lowest BCUT2D eigenvalue weighted by atomic mass is 10.1. The molecule has 0 spiro atoms. The predicted octanol–water partition coefficient (Wildman–Crippen LogP) is 0.944. The summed E-state index contributed by atoms with van der Waals surface area (Å²) in [6, 6.07) is 0. The Balaban J connectivity index is 1.46. The van der Waals surface area contributed by atoms with Crippen LogP contribution < -0.4 is 5.73 Å². The Bertz CT molecular complexity index is 439. The molecule has 2 aliphatic rings. The highest BCUT2D eigenvalue weighted by Crippen LogP contribution is 2.19. The zero-order valence-electron chi connectivity index (χ0n) is 12.8. The zero-order valence-corrected chi connectivity index (χ0v) is 12.8. The number of aromatic nitrogens is 3. The summed E-state index contributed by atoms with van der Waals surface area (Å²) in [5, 5.41) is 8.73. The molecule has 2 N–H and O–H groups in total. The van der Waals surface area contributed by atoms with Crippen LogP contribution in [0.4, 0.5) is 0 Å². The molecular formula is C15H27N5O. The fourth-order valence-electron chi connectivity index (χ4n) is 3.25. The molecule has 1 aromatic heterocycles. The summed E-state index contributed by atoms with van der Waals surface area (Å²) in [7, 11) is 0. The van der Waals surface area contributed by atoms with Crippen molar-refractivity contribution in [2.24, 2.45) is 5.73 Å². The van der Waals surface area contributed by atoms with Gasteiger partial charge in [0, 0.05) is 32.7 Å². The van der Waals surface area contributed by atoms with Gasteiger partial charge in [-0.2, -0.15) is 0 Å². The zero-order chi connectivity index (χ0) is 14.5. The predicted molar refractivity (Wildman–Crippen MR) is 80.9 cm³/mol. The van der Waals surface area contributed by atoms with Crippen LogP contribution in [-0.2, 0) is 24.2 Å². The van der Waals surface area contributed by atoms with Gasteiger partial charge in [0.25, 0.3) is 0 Å². The van der Waals surface area contributed by atoms with Crippen LogP contribution in [0.1, 0.15) is 43.8 Å². The first-order chi connectivity index (χ1) is 10.4. The molecule has 6 nitrogen and oxygen atoms in total. The summed E-state index contributed by atoms with van der Waals surface area (Å²) in [5.74, 6) is 2.32. The number of likely N-dealkylation sites (tertiary alicyclic amines) is 1. The van der Waals surface area contributed by atoms with Crippen LogP contribution in [0.15, 0.2) is 0 Å². The molecule has 1 aromatic rings. The van der Waals surface area contributed by atoms with Crippen LogP contribution in [0.3, 0.4) is 0 Å². The summed E-state index contributed by atoms with van der Waals surface area (Å²) in [4.78, 5) is 2.48. The van der Waals surface area contributed by atoms with Crippen molar-refractivity contribution in [3.05, 3.63) is 11.6 Å². The third-order valence-corrected chi connectivity index (χ3v) is 4.54. The number of nitrogens with two attached hydrogens (primary N) is 1. The van der Waals surface area contributed by atoms with Gasteiger partial charge in [-0.05, 0) is 38.6 Å². The molecule has 0 aromatic carbocycles. The number of rotatable bonds is 6. The van der Waals surface area contributed by atoms with E-state index in [2.05, 4.69) is 19.7 Å². The van der Waals surface area contributed by atoms with Gasteiger partial charge >= 0.3 is 0 Å². The van der Waals surface area contributed by atoms with Crippen LogP contribution >= 0.6 is 0 Å². The normalized spacial score (nSPS) is 20.6. The van der Waals surface area contributed by atoms with Crippen molar-refractivity contribution in [3.63, 3.8) is 0 Å². The van der Waals surface area contributed by atoms with Crippen molar-refractivity contribution in [1.82, 2.24) is 19.7 Å². The second kappa shape index (κ2) is 7.33. The summed E-state index contributed by atoms with van der Waals surface area (Å²) in [6.07, 6.45) is 7.21. The minimum absolute atomic E-state index is 0.417. The van der Waals surface area contributed by atoms with Gasteiger partial charge in [0.15, 0.2) is 0 Å². The van der Waals surface area contributed by atoms with Gasteiger partial charge in [-0.3, -0.25) is 4.90 Å². The number of ether oxygens (including phenoxy) is 1. The van der Waals surface area contributed by atoms with Crippen LogP contribution in [-0.4, -0.2) is 52.0 Å². The lowest BCUT2D eigenvalue weighted by molar-refractivity contribution is 0.00492. The maximum atomic E-state index is 5.86. The first kappa shape index (κ1) is 14.9. The van der Waals surface area contributed by atoms with Gasteiger partial charge in [-0.15, -0.1) is 10.2 Å². The highest BCUT2D eigenvalue weighted by molar-refractivity contribution is 4.99. The molecule has 0 amide bonds. The Morgan fingerprint density at radius 3 is 2.81 bits per heavy atom. The molecule has 0 unspecified atom stereocenters. The molecule has 1 fully saturated rings. The third kappa shape index (κ3) is 3.81. The van der Waals surface area contributed by atoms with E-state index in [1.54, 1.807) is 0 Å². The van der Waals surface area contributed by atoms with Crippen molar-refractivity contribution < 1.29 is 4.74 Å². The van der Waals surface area contributed by atoms with E-state index in [1.165, 1.54) is 18.7 Å². The molecule has 1 saturated heterocycles. The molecule has 0 aliphatic carbocycles. The van der Waals surface area contributed by atoms with Crippen LogP contribution in [0.5, 0.6) is 0 Å². The van der Waals surface area contributed by atoms with Crippen LogP contribution in [0, 0.1) is 0 Å². The average Bonchev–Trinajstić information content (AvgIpc) is 2.93. The highest BCUT2D eigenvalue weighted by atomic mass is 16.5. The van der Waals surface area contributed by atoms with Gasteiger partial charge in [0.2, 0.25) is 0 Å². The average molecular weight is 293 g/mol. The van der Waals surface area contributed by atoms with E-state index in [4.69, 9.17) is 10.5 Å². The van der Waals surface area contributed by atoms with Crippen molar-refractivity contribution in [1.29, 1.82) is 0 Å². The number of aryl methyl sites for hydroxylation is 1. The summed E-state index contributed by atoms with van der Waals surface area (Å²) in [5.41, 5.74) is 5.49. The van der Waals surface area contributed by atoms with Gasteiger partial charge in [0.05, 0.1) is 12.6 Å². The van der Waals surface area contributed by atoms with E-state index in [-0.39, 0.29) is 0 Å². The fraction of sp³-hybridized carbons (Fsp3) is 0.867. The van der Waals surface area contributed by atoms with Crippen LogP contribution in [0.2, 0.25) is 0 Å². The highest BCUT2D eigenvalue weighted by Gasteiger charge is 2.22. The van der Waals surface area contributed by atoms with E-state index < -0.39 is 0 Å². The fourth-order valence-corrected chi connectivity index (χ4v) is 3.25. The Kier molecular flexibility index (Phi) is 5.22. The minimum Gasteiger partial charge on any atom is -0.378 e. The molecule has 3 rings (SSSR count). The minimum atomic E-state index is 0.417. The first-order valence-electron chi connectivity index (χ1n) is 8.32.